The Morgan fingerprint density at radius 3 is 2.41 bits per heavy atom. The van der Waals surface area contributed by atoms with Gasteiger partial charge in [0.05, 0.1) is 23.9 Å². The predicted octanol–water partition coefficient (Wildman–Crippen LogP) is 5.22. The highest BCUT2D eigenvalue weighted by atomic mass is 19.4. The van der Waals surface area contributed by atoms with Crippen molar-refractivity contribution in [1.29, 1.82) is 0 Å². The van der Waals surface area contributed by atoms with Gasteiger partial charge >= 0.3 is 12.3 Å². The van der Waals surface area contributed by atoms with Gasteiger partial charge in [-0.1, -0.05) is 18.2 Å². The molecule has 1 aliphatic heterocycles. The average Bonchev–Trinajstić information content (AvgIpc) is 2.80. The van der Waals surface area contributed by atoms with Crippen molar-refractivity contribution in [2.24, 2.45) is 4.99 Å². The van der Waals surface area contributed by atoms with Gasteiger partial charge in [-0.05, 0) is 48.9 Å². The van der Waals surface area contributed by atoms with Crippen LogP contribution < -0.4 is 15.0 Å². The van der Waals surface area contributed by atoms with Gasteiger partial charge in [0.15, 0.2) is 11.9 Å². The molecule has 3 aromatic rings. The number of halogens is 5. The Labute approximate surface area is 190 Å². The van der Waals surface area contributed by atoms with Crippen LogP contribution in [0.1, 0.15) is 28.4 Å². The molecule has 7 nitrogen and oxygen atoms in total. The molecule has 1 N–H and O–H groups in total. The summed E-state index contributed by atoms with van der Waals surface area (Å²) in [5.74, 6) is -0.120. The number of rotatable bonds is 5. The first-order chi connectivity index (χ1) is 16.1. The summed E-state index contributed by atoms with van der Waals surface area (Å²) < 4.78 is 78.7. The minimum Gasteiger partial charge on any atom is -0.497 e. The van der Waals surface area contributed by atoms with Crippen LogP contribution in [0.4, 0.5) is 22.0 Å². The van der Waals surface area contributed by atoms with Gasteiger partial charge in [-0.2, -0.15) is 27.1 Å². The quantitative estimate of drug-likeness (QED) is 0.505. The first kappa shape index (κ1) is 23.4. The van der Waals surface area contributed by atoms with Crippen LogP contribution in [-0.4, -0.2) is 29.3 Å². The summed E-state index contributed by atoms with van der Waals surface area (Å²) in [6.45, 7) is 1.59. The van der Waals surface area contributed by atoms with Crippen molar-refractivity contribution >= 4 is 5.84 Å². The Bertz CT molecular complexity index is 1220. The number of nitrogens with one attached hydrogen (secondary N) is 1. The summed E-state index contributed by atoms with van der Waals surface area (Å²) in [6.07, 6.45) is -8.28. The minimum atomic E-state index is -4.58. The molecule has 0 bridgehead atoms. The number of aryl methyl sites for hydroxylation is 1. The zero-order chi connectivity index (χ0) is 24.5. The normalized spacial score (nSPS) is 17.5. The van der Waals surface area contributed by atoms with Crippen LogP contribution in [0.2, 0.25) is 0 Å². The highest BCUT2D eigenvalue weighted by Crippen LogP contribution is 2.39. The molecule has 178 valence electrons. The van der Waals surface area contributed by atoms with Crippen LogP contribution >= 0.6 is 0 Å². The third kappa shape index (κ3) is 4.91. The number of aromatic nitrogens is 2. The molecule has 1 atom stereocenters. The molecule has 1 aromatic heterocycles. The van der Waals surface area contributed by atoms with Crippen LogP contribution in [-0.2, 0) is 11.0 Å². The Kier molecular flexibility index (Phi) is 6.09. The van der Waals surface area contributed by atoms with Crippen LogP contribution in [0.3, 0.4) is 0 Å². The molecule has 2 heterocycles. The van der Waals surface area contributed by atoms with E-state index in [1.807, 2.05) is 0 Å². The predicted molar refractivity (Wildman–Crippen MR) is 110 cm³/mol. The van der Waals surface area contributed by atoms with Crippen LogP contribution in [0, 0.1) is 6.92 Å². The topological polar surface area (TPSA) is 77.9 Å². The van der Waals surface area contributed by atoms with E-state index in [1.54, 1.807) is 6.92 Å². The summed E-state index contributed by atoms with van der Waals surface area (Å²) in [7, 11) is 1.44. The second-order valence-electron chi connectivity index (χ2n) is 7.25. The Morgan fingerprint density at radius 2 is 1.74 bits per heavy atom. The first-order valence-corrected chi connectivity index (χ1v) is 9.80. The van der Waals surface area contributed by atoms with Crippen LogP contribution in [0.25, 0.3) is 0 Å². The maximum atomic E-state index is 14.5. The molecule has 2 aromatic carbocycles. The number of hydroxylamine groups is 1. The number of ether oxygens (including phenoxy) is 2. The van der Waals surface area contributed by atoms with Crippen molar-refractivity contribution in [1.82, 2.24) is 15.7 Å². The van der Waals surface area contributed by atoms with Gasteiger partial charge < -0.3 is 9.47 Å². The van der Waals surface area contributed by atoms with E-state index in [0.29, 0.717) is 11.4 Å². The third-order valence-corrected chi connectivity index (χ3v) is 4.81. The van der Waals surface area contributed by atoms with E-state index in [2.05, 4.69) is 25.5 Å². The standard InChI is InChI=1S/C22H17F5N4O3/c1-12-10-17(20(30-29-12)33-16-5-3-4-14(11-16)21(23,24)25)19-28-18(22(26,27)34-31-19)13-6-8-15(32-2)9-7-13/h3-11,18H,1-2H3,(H,28,31)/t18-/m1/s1. The van der Waals surface area contributed by atoms with E-state index in [9.17, 15) is 22.0 Å². The fraction of sp³-hybridized carbons (Fsp3) is 0.227. The van der Waals surface area contributed by atoms with Crippen molar-refractivity contribution in [3.63, 3.8) is 0 Å². The van der Waals surface area contributed by atoms with Crippen molar-refractivity contribution in [2.75, 3.05) is 7.11 Å². The van der Waals surface area contributed by atoms with E-state index in [1.165, 1.54) is 49.6 Å². The van der Waals surface area contributed by atoms with Crippen molar-refractivity contribution in [3.05, 3.63) is 77.0 Å². The number of nitrogens with zero attached hydrogens (tertiary/aromatic N) is 3. The zero-order valence-electron chi connectivity index (χ0n) is 17.7. The van der Waals surface area contributed by atoms with E-state index < -0.39 is 23.9 Å². The summed E-state index contributed by atoms with van der Waals surface area (Å²) in [5, 5.41) is 7.71. The molecule has 0 amide bonds. The maximum Gasteiger partial charge on any atom is 0.416 e. The van der Waals surface area contributed by atoms with E-state index in [-0.39, 0.29) is 28.6 Å². The monoisotopic (exact) mass is 480 g/mol. The van der Waals surface area contributed by atoms with Gasteiger partial charge in [-0.3, -0.25) is 0 Å². The molecule has 12 heteroatoms. The number of benzene rings is 2. The lowest BCUT2D eigenvalue weighted by atomic mass is 10.1. The Morgan fingerprint density at radius 1 is 1.00 bits per heavy atom. The number of amidine groups is 1. The molecule has 0 aliphatic carbocycles. The molecule has 0 saturated heterocycles. The van der Waals surface area contributed by atoms with Crippen LogP contribution in [0.5, 0.6) is 17.4 Å². The molecule has 0 unspecified atom stereocenters. The molecule has 0 radical (unpaired) electrons. The number of alkyl halides is 5. The lowest BCUT2D eigenvalue weighted by molar-refractivity contribution is -0.279. The highest BCUT2D eigenvalue weighted by Gasteiger charge is 2.46. The number of aliphatic imine (C=N–C) groups is 1. The molecule has 0 saturated carbocycles. The van der Waals surface area contributed by atoms with E-state index in [4.69, 9.17) is 9.47 Å². The van der Waals surface area contributed by atoms with Crippen molar-refractivity contribution < 1.29 is 36.3 Å². The van der Waals surface area contributed by atoms with Gasteiger partial charge in [0.2, 0.25) is 5.88 Å². The zero-order valence-corrected chi connectivity index (χ0v) is 17.7. The van der Waals surface area contributed by atoms with Crippen molar-refractivity contribution in [3.8, 4) is 17.4 Å². The van der Waals surface area contributed by atoms with Gasteiger partial charge in [0.25, 0.3) is 0 Å². The van der Waals surface area contributed by atoms with Gasteiger partial charge in [-0.25, -0.2) is 15.3 Å². The van der Waals surface area contributed by atoms with E-state index in [0.717, 1.165) is 12.1 Å². The average molecular weight is 480 g/mol. The second kappa shape index (κ2) is 8.86. The largest absolute Gasteiger partial charge is 0.497 e. The van der Waals surface area contributed by atoms with Gasteiger partial charge in [0, 0.05) is 0 Å². The Hall–Kier alpha value is -3.80. The third-order valence-electron chi connectivity index (χ3n) is 4.81. The summed E-state index contributed by atoms with van der Waals surface area (Å²) in [5.41, 5.74) is 1.75. The lowest BCUT2D eigenvalue weighted by Gasteiger charge is -2.30. The molecule has 0 spiro atoms. The Balaban J connectivity index is 1.72. The fourth-order valence-electron chi connectivity index (χ4n) is 3.15. The number of methoxy groups -OCH3 is 1. The van der Waals surface area contributed by atoms with Crippen molar-refractivity contribution in [2.45, 2.75) is 25.3 Å². The molecule has 4 rings (SSSR count). The minimum absolute atomic E-state index is 0.0684. The van der Waals surface area contributed by atoms with Crippen LogP contribution in [0.15, 0.2) is 59.6 Å². The molecular weight excluding hydrogens is 463 g/mol. The SMILES string of the molecule is COc1ccc([C@H]2N=C(c3cc(C)nnc3Oc3cccc(C(F)(F)F)c3)NOC2(F)F)cc1. The highest BCUT2D eigenvalue weighted by molar-refractivity contribution is 6.00. The fourth-order valence-corrected chi connectivity index (χ4v) is 3.15. The molecular formula is C22H17F5N4O3. The summed E-state index contributed by atoms with van der Waals surface area (Å²) in [4.78, 5) is 8.66. The smallest absolute Gasteiger partial charge is 0.416 e. The van der Waals surface area contributed by atoms with Gasteiger partial charge in [0.1, 0.15) is 11.5 Å². The summed E-state index contributed by atoms with van der Waals surface area (Å²) in [6, 6.07) is 9.67. The summed E-state index contributed by atoms with van der Waals surface area (Å²) >= 11 is 0. The maximum absolute atomic E-state index is 14.5. The van der Waals surface area contributed by atoms with Gasteiger partial charge in [-0.15, -0.1) is 5.10 Å². The number of hydrogen-bond donors (Lipinski definition) is 1. The second-order valence-corrected chi connectivity index (χ2v) is 7.25. The lowest BCUT2D eigenvalue weighted by Crippen LogP contribution is -2.43. The molecule has 34 heavy (non-hydrogen) atoms. The molecule has 0 fully saturated rings. The van der Waals surface area contributed by atoms with E-state index >= 15 is 0 Å². The number of hydrogen-bond acceptors (Lipinski definition) is 7. The molecule has 1 aliphatic rings. The first-order valence-electron chi connectivity index (χ1n) is 9.80.